The van der Waals surface area contributed by atoms with Crippen molar-refractivity contribution >= 4 is 35.5 Å². The van der Waals surface area contributed by atoms with Crippen molar-refractivity contribution in [2.45, 2.75) is 90.4 Å². The minimum Gasteiger partial charge on any atom is -0.480 e. The van der Waals surface area contributed by atoms with E-state index in [1.54, 1.807) is 11.8 Å². The topological polar surface area (TPSA) is 177 Å². The molecule has 8 N–H and O–H groups in total. The number of rotatable bonds is 18. The van der Waals surface area contributed by atoms with Gasteiger partial charge >= 0.3 is 5.97 Å². The number of nitrogens with two attached hydrogens (primary N) is 2. The predicted molar refractivity (Wildman–Crippen MR) is 136 cm³/mol. The molecule has 0 spiro atoms. The Morgan fingerprint density at radius 3 is 2.03 bits per heavy atom. The van der Waals surface area contributed by atoms with Crippen LogP contribution in [0, 0.1) is 11.8 Å². The van der Waals surface area contributed by atoms with Gasteiger partial charge in [-0.2, -0.15) is 11.8 Å². The van der Waals surface area contributed by atoms with Crippen molar-refractivity contribution in [2.75, 3.05) is 18.6 Å². The van der Waals surface area contributed by atoms with Crippen LogP contribution in [-0.2, 0) is 19.2 Å². The van der Waals surface area contributed by atoms with E-state index in [0.717, 1.165) is 5.75 Å². The Balaban J connectivity index is 5.51. The molecule has 0 radical (unpaired) electrons. The van der Waals surface area contributed by atoms with Gasteiger partial charge in [-0.05, 0) is 62.5 Å². The summed E-state index contributed by atoms with van der Waals surface area (Å²) in [5.74, 6) is -2.07. The number of hydrogen-bond donors (Lipinski definition) is 6. The molecule has 0 rings (SSSR count). The third-order valence-electron chi connectivity index (χ3n) is 5.66. The van der Waals surface area contributed by atoms with Crippen molar-refractivity contribution < 1.29 is 24.3 Å². The summed E-state index contributed by atoms with van der Waals surface area (Å²) in [5.41, 5.74) is 11.5. The number of hydrogen-bond acceptors (Lipinski definition) is 7. The third-order valence-corrected chi connectivity index (χ3v) is 6.31. The van der Waals surface area contributed by atoms with E-state index in [-0.39, 0.29) is 18.3 Å². The fourth-order valence-electron chi connectivity index (χ4n) is 3.33. The standard InChI is InChI=1S/C23H45N5O5S/c1-6-15(4)19(22(31)27-18(23(32)33)13-14(2)3)28-21(30)17(9-7-8-11-24)26-20(29)16(25)10-12-34-5/h14-19H,6-13,24-25H2,1-5H3,(H,26,29)(H,27,31)(H,28,30)(H,32,33). The molecule has 0 bridgehead atoms. The lowest BCUT2D eigenvalue weighted by atomic mass is 9.96. The molecule has 0 aliphatic rings. The Hall–Kier alpha value is -1.85. The normalized spacial score (nSPS) is 15.6. The van der Waals surface area contributed by atoms with E-state index in [9.17, 15) is 24.3 Å². The SMILES string of the molecule is CCC(C)C(NC(=O)C(CCCCN)NC(=O)C(N)CCSC)C(=O)NC(CC(C)C)C(=O)O. The molecule has 10 nitrogen and oxygen atoms in total. The molecule has 0 heterocycles. The lowest BCUT2D eigenvalue weighted by molar-refractivity contribution is -0.143. The van der Waals surface area contributed by atoms with Gasteiger partial charge in [0.1, 0.15) is 18.1 Å². The van der Waals surface area contributed by atoms with E-state index in [4.69, 9.17) is 11.5 Å². The summed E-state index contributed by atoms with van der Waals surface area (Å²) in [7, 11) is 0. The van der Waals surface area contributed by atoms with Crippen molar-refractivity contribution in [1.82, 2.24) is 16.0 Å². The van der Waals surface area contributed by atoms with Crippen LogP contribution in [0.15, 0.2) is 0 Å². The zero-order chi connectivity index (χ0) is 26.3. The first-order valence-corrected chi connectivity index (χ1v) is 13.5. The number of unbranched alkanes of at least 4 members (excludes halogenated alkanes) is 1. The molecule has 0 aliphatic carbocycles. The maximum Gasteiger partial charge on any atom is 0.326 e. The highest BCUT2D eigenvalue weighted by Gasteiger charge is 2.32. The van der Waals surface area contributed by atoms with E-state index in [0.29, 0.717) is 38.6 Å². The van der Waals surface area contributed by atoms with Gasteiger partial charge in [0, 0.05) is 0 Å². The van der Waals surface area contributed by atoms with Crippen molar-refractivity contribution in [2.24, 2.45) is 23.3 Å². The first kappa shape index (κ1) is 32.1. The molecule has 198 valence electrons. The Morgan fingerprint density at radius 2 is 1.53 bits per heavy atom. The van der Waals surface area contributed by atoms with Crippen molar-refractivity contribution in [1.29, 1.82) is 0 Å². The van der Waals surface area contributed by atoms with Gasteiger partial charge in [-0.3, -0.25) is 14.4 Å². The molecule has 5 unspecified atom stereocenters. The smallest absolute Gasteiger partial charge is 0.326 e. The van der Waals surface area contributed by atoms with Crippen molar-refractivity contribution in [3.05, 3.63) is 0 Å². The van der Waals surface area contributed by atoms with Gasteiger partial charge < -0.3 is 32.5 Å². The lowest BCUT2D eigenvalue weighted by Crippen LogP contribution is -2.58. The molecule has 0 aliphatic heterocycles. The van der Waals surface area contributed by atoms with E-state index in [2.05, 4.69) is 16.0 Å². The number of carbonyl (C=O) groups is 4. The number of nitrogens with one attached hydrogen (secondary N) is 3. The average Bonchev–Trinajstić information content (AvgIpc) is 2.78. The fourth-order valence-corrected chi connectivity index (χ4v) is 3.82. The van der Waals surface area contributed by atoms with Gasteiger partial charge in [0.25, 0.3) is 0 Å². The van der Waals surface area contributed by atoms with Crippen LogP contribution in [0.25, 0.3) is 0 Å². The van der Waals surface area contributed by atoms with E-state index in [1.807, 2.05) is 34.0 Å². The number of carboxylic acid groups (broad SMARTS) is 1. The number of carboxylic acids is 1. The van der Waals surface area contributed by atoms with Gasteiger partial charge in [-0.1, -0.05) is 34.1 Å². The first-order chi connectivity index (χ1) is 16.0. The molecule has 11 heteroatoms. The highest BCUT2D eigenvalue weighted by molar-refractivity contribution is 7.98. The lowest BCUT2D eigenvalue weighted by Gasteiger charge is -2.28. The Morgan fingerprint density at radius 1 is 0.912 bits per heavy atom. The summed E-state index contributed by atoms with van der Waals surface area (Å²) in [5, 5.41) is 17.5. The molecule has 5 atom stereocenters. The molecule has 34 heavy (non-hydrogen) atoms. The molecule has 0 fully saturated rings. The molecule has 0 saturated carbocycles. The molecule has 0 saturated heterocycles. The second-order valence-corrected chi connectivity index (χ2v) is 10.1. The van der Waals surface area contributed by atoms with Crippen LogP contribution in [0.3, 0.4) is 0 Å². The molecular weight excluding hydrogens is 458 g/mol. The summed E-state index contributed by atoms with van der Waals surface area (Å²) in [6.45, 7) is 7.89. The van der Waals surface area contributed by atoms with Crippen molar-refractivity contribution in [3.8, 4) is 0 Å². The number of aliphatic carboxylic acids is 1. The van der Waals surface area contributed by atoms with E-state index in [1.165, 1.54) is 0 Å². The van der Waals surface area contributed by atoms with Crippen LogP contribution in [0.2, 0.25) is 0 Å². The summed E-state index contributed by atoms with van der Waals surface area (Å²) in [4.78, 5) is 50.3. The number of thioether (sulfide) groups is 1. The van der Waals surface area contributed by atoms with Crippen molar-refractivity contribution in [3.63, 3.8) is 0 Å². The Bertz CT molecular complexity index is 649. The second kappa shape index (κ2) is 17.6. The quantitative estimate of drug-likeness (QED) is 0.149. The minimum atomic E-state index is -1.12. The van der Waals surface area contributed by atoms with Gasteiger partial charge in [-0.25, -0.2) is 4.79 Å². The van der Waals surface area contributed by atoms with Gasteiger partial charge in [0.05, 0.1) is 6.04 Å². The highest BCUT2D eigenvalue weighted by atomic mass is 32.2. The van der Waals surface area contributed by atoms with Gasteiger partial charge in [0.15, 0.2) is 0 Å². The largest absolute Gasteiger partial charge is 0.480 e. The maximum atomic E-state index is 13.1. The van der Waals surface area contributed by atoms with Crippen LogP contribution in [0.1, 0.15) is 66.2 Å². The van der Waals surface area contributed by atoms with Gasteiger partial charge in [0.2, 0.25) is 17.7 Å². The van der Waals surface area contributed by atoms with Crippen LogP contribution in [-0.4, -0.2) is 71.5 Å². The summed E-state index contributed by atoms with van der Waals surface area (Å²) < 4.78 is 0. The van der Waals surface area contributed by atoms with Crippen LogP contribution >= 0.6 is 11.8 Å². The van der Waals surface area contributed by atoms with E-state index < -0.39 is 47.9 Å². The molecule has 3 amide bonds. The fraction of sp³-hybridized carbons (Fsp3) is 0.826. The summed E-state index contributed by atoms with van der Waals surface area (Å²) in [6.07, 6.45) is 4.91. The molecular formula is C23H45N5O5S. The Labute approximate surface area is 208 Å². The minimum absolute atomic E-state index is 0.0653. The average molecular weight is 504 g/mol. The Kier molecular flexibility index (Phi) is 16.6. The molecule has 0 aromatic carbocycles. The van der Waals surface area contributed by atoms with Crippen LogP contribution in [0.4, 0.5) is 0 Å². The molecule has 0 aromatic heterocycles. The summed E-state index contributed by atoms with van der Waals surface area (Å²) >= 11 is 1.58. The van der Waals surface area contributed by atoms with Gasteiger partial charge in [-0.15, -0.1) is 0 Å². The number of amides is 3. The maximum absolute atomic E-state index is 13.1. The first-order valence-electron chi connectivity index (χ1n) is 12.1. The monoisotopic (exact) mass is 503 g/mol. The zero-order valence-electron chi connectivity index (χ0n) is 21.3. The molecule has 0 aromatic rings. The predicted octanol–water partition coefficient (Wildman–Crippen LogP) is 0.827. The van der Waals surface area contributed by atoms with E-state index >= 15 is 0 Å². The zero-order valence-corrected chi connectivity index (χ0v) is 22.1. The summed E-state index contributed by atoms with van der Waals surface area (Å²) in [6, 6.07) is -3.60. The second-order valence-electron chi connectivity index (χ2n) is 9.13. The van der Waals surface area contributed by atoms with Crippen LogP contribution in [0.5, 0.6) is 0 Å². The van der Waals surface area contributed by atoms with Crippen LogP contribution < -0.4 is 27.4 Å². The highest BCUT2D eigenvalue weighted by Crippen LogP contribution is 2.12. The number of carbonyl (C=O) groups excluding carboxylic acids is 3. The third kappa shape index (κ3) is 12.6.